The number of nitrogens with two attached hydrogens (primary N) is 1. The van der Waals surface area contributed by atoms with Gasteiger partial charge in [0.1, 0.15) is 0 Å². The zero-order valence-corrected chi connectivity index (χ0v) is 13.1. The van der Waals surface area contributed by atoms with Crippen LogP contribution < -0.4 is 5.73 Å². The number of hydrogen-bond acceptors (Lipinski definition) is 4. The van der Waals surface area contributed by atoms with Crippen molar-refractivity contribution in [3.63, 3.8) is 0 Å². The molecular formula is C13H19ClN2O3S. The summed E-state index contributed by atoms with van der Waals surface area (Å²) in [5.41, 5.74) is 6.69. The van der Waals surface area contributed by atoms with Gasteiger partial charge in [-0.05, 0) is 32.0 Å². The van der Waals surface area contributed by atoms with Gasteiger partial charge in [-0.15, -0.1) is 12.4 Å². The molecule has 2 N–H and O–H groups in total. The van der Waals surface area contributed by atoms with Crippen molar-refractivity contribution in [3.8, 4) is 0 Å². The van der Waals surface area contributed by atoms with E-state index in [1.54, 1.807) is 43.0 Å². The maximum atomic E-state index is 12.4. The number of sulfone groups is 1. The molecule has 20 heavy (non-hydrogen) atoms. The third-order valence-corrected chi connectivity index (χ3v) is 6.03. The fraction of sp³-hybridized carbons (Fsp3) is 0.462. The van der Waals surface area contributed by atoms with Crippen LogP contribution in [-0.2, 0) is 9.84 Å². The Bertz CT molecular complexity index is 603. The van der Waals surface area contributed by atoms with Crippen LogP contribution in [0.25, 0.3) is 0 Å². The van der Waals surface area contributed by atoms with Gasteiger partial charge in [0.25, 0.3) is 5.91 Å². The summed E-state index contributed by atoms with van der Waals surface area (Å²) >= 11 is 0. The van der Waals surface area contributed by atoms with E-state index in [1.165, 1.54) is 0 Å². The number of hydrogen-bond donors (Lipinski definition) is 1. The molecule has 1 heterocycles. The van der Waals surface area contributed by atoms with E-state index in [-0.39, 0.29) is 36.7 Å². The van der Waals surface area contributed by atoms with Crippen LogP contribution in [-0.4, -0.2) is 42.8 Å². The number of halogens is 1. The minimum Gasteiger partial charge on any atom is -0.399 e. The number of nitrogens with zero attached hydrogens (tertiary/aromatic N) is 1. The van der Waals surface area contributed by atoms with Crippen molar-refractivity contribution in [1.29, 1.82) is 0 Å². The molecule has 0 spiro atoms. The van der Waals surface area contributed by atoms with Crippen LogP contribution in [0.5, 0.6) is 0 Å². The second kappa shape index (κ2) is 6.01. The van der Waals surface area contributed by atoms with Crippen LogP contribution in [0.2, 0.25) is 0 Å². The van der Waals surface area contributed by atoms with E-state index in [9.17, 15) is 13.2 Å². The normalized spacial score (nSPS) is 24.8. The Labute approximate surface area is 125 Å². The van der Waals surface area contributed by atoms with Crippen LogP contribution >= 0.6 is 12.4 Å². The molecule has 0 aromatic heterocycles. The Kier molecular flexibility index (Phi) is 5.05. The molecule has 1 fully saturated rings. The number of anilines is 1. The molecule has 0 aliphatic carbocycles. The number of amides is 1. The van der Waals surface area contributed by atoms with Gasteiger partial charge in [-0.1, -0.05) is 6.07 Å². The molecule has 1 aromatic rings. The van der Waals surface area contributed by atoms with Crippen LogP contribution in [0.1, 0.15) is 24.2 Å². The Hall–Kier alpha value is -1.27. The Morgan fingerprint density at radius 2 is 2.00 bits per heavy atom. The molecule has 0 saturated carbocycles. The number of carbonyl (C=O) groups excluding carboxylic acids is 1. The summed E-state index contributed by atoms with van der Waals surface area (Å²) in [5.74, 6) is -0.145. The summed E-state index contributed by atoms with van der Waals surface area (Å²) in [6.45, 7) is 3.66. The molecular weight excluding hydrogens is 300 g/mol. The van der Waals surface area contributed by atoms with Crippen molar-refractivity contribution in [2.75, 3.05) is 18.0 Å². The monoisotopic (exact) mass is 318 g/mol. The van der Waals surface area contributed by atoms with Crippen molar-refractivity contribution < 1.29 is 13.2 Å². The smallest absolute Gasteiger partial charge is 0.254 e. The molecule has 2 unspecified atom stereocenters. The average molecular weight is 319 g/mol. The van der Waals surface area contributed by atoms with Crippen LogP contribution in [0.3, 0.4) is 0 Å². The van der Waals surface area contributed by atoms with Crippen molar-refractivity contribution in [2.24, 2.45) is 0 Å². The molecule has 112 valence electrons. The van der Waals surface area contributed by atoms with Gasteiger partial charge < -0.3 is 10.6 Å². The van der Waals surface area contributed by atoms with E-state index in [1.807, 2.05) is 0 Å². The van der Waals surface area contributed by atoms with Crippen LogP contribution in [0.4, 0.5) is 5.69 Å². The molecule has 2 atom stereocenters. The summed E-state index contributed by atoms with van der Waals surface area (Å²) in [4.78, 5) is 14.0. The van der Waals surface area contributed by atoms with Crippen molar-refractivity contribution >= 4 is 33.8 Å². The molecule has 1 saturated heterocycles. The Morgan fingerprint density at radius 1 is 1.35 bits per heavy atom. The van der Waals surface area contributed by atoms with Gasteiger partial charge in [0.05, 0.1) is 11.0 Å². The lowest BCUT2D eigenvalue weighted by Gasteiger charge is -2.37. The highest BCUT2D eigenvalue weighted by Gasteiger charge is 2.38. The lowest BCUT2D eigenvalue weighted by molar-refractivity contribution is 0.0693. The van der Waals surface area contributed by atoms with E-state index >= 15 is 0 Å². The van der Waals surface area contributed by atoms with Gasteiger partial charge >= 0.3 is 0 Å². The number of carbonyl (C=O) groups is 1. The number of benzene rings is 1. The minimum absolute atomic E-state index is 0. The predicted octanol–water partition coefficient (Wildman–Crippen LogP) is 1.34. The van der Waals surface area contributed by atoms with E-state index in [0.29, 0.717) is 11.3 Å². The molecule has 1 aliphatic rings. The third-order valence-electron chi connectivity index (χ3n) is 3.75. The highest BCUT2D eigenvalue weighted by molar-refractivity contribution is 7.92. The van der Waals surface area contributed by atoms with Crippen LogP contribution in [0.15, 0.2) is 24.3 Å². The summed E-state index contributed by atoms with van der Waals surface area (Å²) in [6, 6.07) is 6.41. The van der Waals surface area contributed by atoms with Crippen molar-refractivity contribution in [2.45, 2.75) is 25.1 Å². The van der Waals surface area contributed by atoms with Gasteiger partial charge in [0.15, 0.2) is 9.84 Å². The lowest BCUT2D eigenvalue weighted by atomic mass is 10.1. The number of nitrogen functional groups attached to an aromatic ring is 1. The van der Waals surface area contributed by atoms with Gasteiger partial charge in [-0.3, -0.25) is 4.79 Å². The first-order valence-electron chi connectivity index (χ1n) is 6.21. The molecule has 1 amide bonds. The van der Waals surface area contributed by atoms with Crippen molar-refractivity contribution in [1.82, 2.24) is 4.90 Å². The highest BCUT2D eigenvalue weighted by atomic mass is 35.5. The SMILES string of the molecule is CC1C(C)S(=O)(=O)CCN1C(=O)c1cccc(N)c1.Cl. The quantitative estimate of drug-likeness (QED) is 0.792. The second-order valence-corrected chi connectivity index (χ2v) is 7.41. The molecule has 0 radical (unpaired) electrons. The lowest BCUT2D eigenvalue weighted by Crippen LogP contribution is -2.54. The van der Waals surface area contributed by atoms with Crippen LogP contribution in [0, 0.1) is 0 Å². The average Bonchev–Trinajstić information content (AvgIpc) is 2.36. The zero-order chi connectivity index (χ0) is 14.2. The van der Waals surface area contributed by atoms with Gasteiger partial charge in [0, 0.05) is 23.8 Å². The topological polar surface area (TPSA) is 80.5 Å². The maximum absolute atomic E-state index is 12.4. The first-order valence-corrected chi connectivity index (χ1v) is 7.92. The van der Waals surface area contributed by atoms with E-state index in [0.717, 1.165) is 0 Å². The Morgan fingerprint density at radius 3 is 2.60 bits per heavy atom. The molecule has 7 heteroatoms. The summed E-state index contributed by atoms with van der Waals surface area (Å²) in [5, 5.41) is -0.536. The Balaban J connectivity index is 0.00000200. The second-order valence-electron chi connectivity index (χ2n) is 4.94. The van der Waals surface area contributed by atoms with E-state index in [2.05, 4.69) is 0 Å². The largest absolute Gasteiger partial charge is 0.399 e. The van der Waals surface area contributed by atoms with E-state index < -0.39 is 15.1 Å². The van der Waals surface area contributed by atoms with Gasteiger partial charge in [-0.25, -0.2) is 8.42 Å². The van der Waals surface area contributed by atoms with Gasteiger partial charge in [0.2, 0.25) is 0 Å². The molecule has 1 aliphatic heterocycles. The first-order chi connectivity index (χ1) is 8.83. The van der Waals surface area contributed by atoms with Crippen molar-refractivity contribution in [3.05, 3.63) is 29.8 Å². The number of rotatable bonds is 1. The zero-order valence-electron chi connectivity index (χ0n) is 11.4. The maximum Gasteiger partial charge on any atom is 0.254 e. The van der Waals surface area contributed by atoms with E-state index in [4.69, 9.17) is 5.73 Å². The summed E-state index contributed by atoms with van der Waals surface area (Å²) in [6.07, 6.45) is 0. The molecule has 1 aromatic carbocycles. The fourth-order valence-corrected chi connectivity index (χ4v) is 3.86. The predicted molar refractivity (Wildman–Crippen MR) is 81.8 cm³/mol. The van der Waals surface area contributed by atoms with Gasteiger partial charge in [-0.2, -0.15) is 0 Å². The minimum atomic E-state index is -3.09. The highest BCUT2D eigenvalue weighted by Crippen LogP contribution is 2.21. The summed E-state index contributed by atoms with van der Waals surface area (Å²) < 4.78 is 23.6. The standard InChI is InChI=1S/C13H18N2O3S.ClH/c1-9-10(2)19(17,18)7-6-15(9)13(16)11-4-3-5-12(14)8-11;/h3-5,8-10H,6-7,14H2,1-2H3;1H. The third kappa shape index (κ3) is 3.07. The molecule has 2 rings (SSSR count). The summed E-state index contributed by atoms with van der Waals surface area (Å²) in [7, 11) is -3.09. The first kappa shape index (κ1) is 16.8. The molecule has 0 bridgehead atoms. The molecule has 5 nitrogen and oxygen atoms in total. The fourth-order valence-electron chi connectivity index (χ4n) is 2.29.